The van der Waals surface area contributed by atoms with E-state index in [4.69, 9.17) is 0 Å². The number of rotatable bonds is 6. The Balaban J connectivity index is 1.74. The van der Waals surface area contributed by atoms with Crippen LogP contribution in [-0.2, 0) is 16.0 Å². The van der Waals surface area contributed by atoms with Crippen LogP contribution in [0.25, 0.3) is 5.76 Å². The average molecular weight is 419 g/mol. The zero-order chi connectivity index (χ0) is 22.0. The number of hydrogen-bond acceptors (Lipinski definition) is 6. The number of phenolic OH excluding ortho intramolecular Hbond substituents is 2. The Bertz CT molecular complexity index is 1150. The molecule has 4 rings (SSSR count). The van der Waals surface area contributed by atoms with Crippen molar-refractivity contribution in [2.24, 2.45) is 0 Å². The number of aromatic nitrogens is 2. The van der Waals surface area contributed by atoms with Gasteiger partial charge in [-0.05, 0) is 36.2 Å². The zero-order valence-corrected chi connectivity index (χ0v) is 16.5. The summed E-state index contributed by atoms with van der Waals surface area (Å²) in [5.41, 5.74) is 0.636. The second kappa shape index (κ2) is 8.35. The number of carbonyl (C=O) groups is 2. The van der Waals surface area contributed by atoms with Crippen molar-refractivity contribution < 1.29 is 24.9 Å². The number of aliphatic hydroxyl groups is 1. The van der Waals surface area contributed by atoms with Crippen LogP contribution in [0.5, 0.6) is 11.5 Å². The van der Waals surface area contributed by atoms with Crippen LogP contribution in [0.3, 0.4) is 0 Å². The third kappa shape index (κ3) is 4.00. The number of likely N-dealkylation sites (tertiary alicyclic amines) is 1. The van der Waals surface area contributed by atoms with Gasteiger partial charge in [-0.25, -0.2) is 4.98 Å². The van der Waals surface area contributed by atoms with Gasteiger partial charge >= 0.3 is 0 Å². The molecule has 0 saturated carbocycles. The smallest absolute Gasteiger partial charge is 0.295 e. The molecule has 31 heavy (non-hydrogen) atoms. The van der Waals surface area contributed by atoms with Gasteiger partial charge < -0.3 is 25.2 Å². The van der Waals surface area contributed by atoms with Crippen molar-refractivity contribution in [1.82, 2.24) is 14.9 Å². The van der Waals surface area contributed by atoms with E-state index in [2.05, 4.69) is 9.97 Å². The first-order chi connectivity index (χ1) is 15.0. The number of Topliss-reactive ketones (excluding diaryl/α,β-unsaturated/α-hetero) is 1. The number of carbonyl (C=O) groups excluding carboxylic acids is 2. The number of phenols is 2. The van der Waals surface area contributed by atoms with Gasteiger partial charge in [0.2, 0.25) is 0 Å². The van der Waals surface area contributed by atoms with Gasteiger partial charge in [-0.1, -0.05) is 24.3 Å². The summed E-state index contributed by atoms with van der Waals surface area (Å²) in [6, 6.07) is 11.2. The lowest BCUT2D eigenvalue weighted by Crippen LogP contribution is -2.31. The Kier molecular flexibility index (Phi) is 5.44. The second-order valence-electron chi connectivity index (χ2n) is 7.28. The number of aryl methyl sites for hydroxylation is 1. The van der Waals surface area contributed by atoms with E-state index in [9.17, 15) is 24.9 Å². The fourth-order valence-corrected chi connectivity index (χ4v) is 3.81. The number of benzene rings is 2. The fraction of sp³-hybridized carbons (Fsp3) is 0.174. The predicted molar refractivity (Wildman–Crippen MR) is 112 cm³/mol. The van der Waals surface area contributed by atoms with E-state index in [0.717, 1.165) is 5.82 Å². The molecule has 2 aromatic carbocycles. The molecule has 1 aliphatic rings. The number of ketones is 1. The van der Waals surface area contributed by atoms with Gasteiger partial charge in [-0.15, -0.1) is 0 Å². The van der Waals surface area contributed by atoms with Crippen molar-refractivity contribution in [2.45, 2.75) is 18.9 Å². The molecule has 4 N–H and O–H groups in total. The standard InChI is InChI=1S/C23H21N3O5/c27-16-6-1-4-14(12-16)20-19(21(29)15-5-2-7-17(28)13-15)22(30)23(31)26(20)11-3-8-18-24-9-10-25-18/h1-2,4-7,9-10,12-13,20,27-29H,3,8,11H2,(H,24,25)/b21-19+. The van der Waals surface area contributed by atoms with Crippen molar-refractivity contribution in [3.63, 3.8) is 0 Å². The van der Waals surface area contributed by atoms with Gasteiger partial charge in [0, 0.05) is 30.9 Å². The van der Waals surface area contributed by atoms with Crippen LogP contribution < -0.4 is 0 Å². The molecule has 2 heterocycles. The van der Waals surface area contributed by atoms with Gasteiger partial charge in [-0.3, -0.25) is 9.59 Å². The zero-order valence-electron chi connectivity index (χ0n) is 16.5. The molecular weight excluding hydrogens is 398 g/mol. The minimum atomic E-state index is -0.869. The van der Waals surface area contributed by atoms with Crippen LogP contribution in [0.4, 0.5) is 0 Å². The lowest BCUT2D eigenvalue weighted by atomic mass is 9.95. The van der Waals surface area contributed by atoms with Gasteiger partial charge in [0.1, 0.15) is 23.1 Å². The van der Waals surface area contributed by atoms with Crippen LogP contribution in [-0.4, -0.2) is 48.4 Å². The summed E-state index contributed by atoms with van der Waals surface area (Å²) in [6.07, 6.45) is 4.48. The summed E-state index contributed by atoms with van der Waals surface area (Å²) in [7, 11) is 0. The largest absolute Gasteiger partial charge is 0.508 e. The van der Waals surface area contributed by atoms with E-state index in [1.807, 2.05) is 0 Å². The first-order valence-electron chi connectivity index (χ1n) is 9.80. The van der Waals surface area contributed by atoms with Crippen LogP contribution >= 0.6 is 0 Å². The SMILES string of the molecule is O=C1C(=O)N(CCCc2ncc[nH]2)C(c2cccc(O)c2)/C1=C(\O)c1cccc(O)c1. The molecule has 8 heteroatoms. The average Bonchev–Trinajstić information content (AvgIpc) is 3.35. The topological polar surface area (TPSA) is 127 Å². The van der Waals surface area contributed by atoms with Crippen molar-refractivity contribution >= 4 is 17.4 Å². The number of aromatic amines is 1. The Morgan fingerprint density at radius 3 is 2.48 bits per heavy atom. The van der Waals surface area contributed by atoms with E-state index in [1.165, 1.54) is 35.2 Å². The van der Waals surface area contributed by atoms with Crippen molar-refractivity contribution in [3.05, 3.63) is 83.4 Å². The lowest BCUT2D eigenvalue weighted by molar-refractivity contribution is -0.139. The molecular formula is C23H21N3O5. The Labute approximate surface area is 178 Å². The summed E-state index contributed by atoms with van der Waals surface area (Å²) < 4.78 is 0. The summed E-state index contributed by atoms with van der Waals surface area (Å²) in [5, 5.41) is 30.6. The first-order valence-corrected chi connectivity index (χ1v) is 9.80. The van der Waals surface area contributed by atoms with E-state index >= 15 is 0 Å². The van der Waals surface area contributed by atoms with E-state index < -0.39 is 17.7 Å². The summed E-state index contributed by atoms with van der Waals surface area (Å²) in [6.45, 7) is 0.252. The Morgan fingerprint density at radius 1 is 1.06 bits per heavy atom. The molecule has 8 nitrogen and oxygen atoms in total. The molecule has 1 atom stereocenters. The molecule has 1 saturated heterocycles. The highest BCUT2D eigenvalue weighted by Crippen LogP contribution is 2.40. The highest BCUT2D eigenvalue weighted by atomic mass is 16.3. The second-order valence-corrected chi connectivity index (χ2v) is 7.28. The molecule has 1 amide bonds. The summed E-state index contributed by atoms with van der Waals surface area (Å²) >= 11 is 0. The Morgan fingerprint density at radius 2 is 1.81 bits per heavy atom. The third-order valence-electron chi connectivity index (χ3n) is 5.21. The molecule has 1 aromatic heterocycles. The molecule has 0 aliphatic carbocycles. The van der Waals surface area contributed by atoms with Crippen LogP contribution in [0.1, 0.15) is 29.4 Å². The fourth-order valence-electron chi connectivity index (χ4n) is 3.81. The van der Waals surface area contributed by atoms with Gasteiger partial charge in [0.05, 0.1) is 11.6 Å². The molecule has 1 unspecified atom stereocenters. The maximum atomic E-state index is 12.9. The van der Waals surface area contributed by atoms with Crippen molar-refractivity contribution in [3.8, 4) is 11.5 Å². The maximum absolute atomic E-state index is 12.9. The number of hydrogen-bond donors (Lipinski definition) is 4. The number of H-pyrrole nitrogens is 1. The minimum Gasteiger partial charge on any atom is -0.508 e. The van der Waals surface area contributed by atoms with E-state index in [0.29, 0.717) is 18.4 Å². The van der Waals surface area contributed by atoms with Crippen LogP contribution in [0.15, 0.2) is 66.5 Å². The normalized spacial score (nSPS) is 17.9. The third-order valence-corrected chi connectivity index (χ3v) is 5.21. The quantitative estimate of drug-likeness (QED) is 0.276. The molecule has 158 valence electrons. The van der Waals surface area contributed by atoms with Crippen LogP contribution in [0, 0.1) is 0 Å². The number of aromatic hydroxyl groups is 2. The maximum Gasteiger partial charge on any atom is 0.295 e. The van der Waals surface area contributed by atoms with E-state index in [1.54, 1.807) is 30.6 Å². The number of nitrogens with one attached hydrogen (secondary N) is 1. The highest BCUT2D eigenvalue weighted by Gasteiger charge is 2.45. The number of nitrogens with zero attached hydrogens (tertiary/aromatic N) is 2. The molecule has 1 aliphatic heterocycles. The van der Waals surface area contributed by atoms with E-state index in [-0.39, 0.29) is 34.9 Å². The number of aliphatic hydroxyl groups excluding tert-OH is 1. The molecule has 0 bridgehead atoms. The predicted octanol–water partition coefficient (Wildman–Crippen LogP) is 2.88. The highest BCUT2D eigenvalue weighted by molar-refractivity contribution is 6.46. The van der Waals surface area contributed by atoms with Gasteiger partial charge in [-0.2, -0.15) is 0 Å². The molecule has 1 fully saturated rings. The van der Waals surface area contributed by atoms with Gasteiger partial charge in [0.15, 0.2) is 0 Å². The number of amides is 1. The first kappa shape index (κ1) is 20.2. The molecule has 0 radical (unpaired) electrons. The van der Waals surface area contributed by atoms with Crippen molar-refractivity contribution in [1.29, 1.82) is 0 Å². The summed E-state index contributed by atoms with van der Waals surface area (Å²) in [5.74, 6) is -1.25. The monoisotopic (exact) mass is 419 g/mol. The molecule has 0 spiro atoms. The van der Waals surface area contributed by atoms with Crippen molar-refractivity contribution in [2.75, 3.05) is 6.54 Å². The van der Waals surface area contributed by atoms with Gasteiger partial charge in [0.25, 0.3) is 11.7 Å². The van der Waals surface area contributed by atoms with Crippen LogP contribution in [0.2, 0.25) is 0 Å². The minimum absolute atomic E-state index is 0.0176. The molecule has 3 aromatic rings. The number of imidazole rings is 1. The summed E-state index contributed by atoms with van der Waals surface area (Å²) in [4.78, 5) is 34.4. The Hall–Kier alpha value is -4.07. The lowest BCUT2D eigenvalue weighted by Gasteiger charge is -2.25.